The van der Waals surface area contributed by atoms with Gasteiger partial charge in [0.1, 0.15) is 0 Å². The number of pyridine rings is 1. The summed E-state index contributed by atoms with van der Waals surface area (Å²) in [7, 11) is 3.07. The lowest BCUT2D eigenvalue weighted by Crippen LogP contribution is -2.40. The molecule has 190 valence electrons. The zero-order valence-electron chi connectivity index (χ0n) is 20.5. The van der Waals surface area contributed by atoms with Gasteiger partial charge in [-0.3, -0.25) is 4.79 Å². The van der Waals surface area contributed by atoms with Crippen LogP contribution in [0.25, 0.3) is 0 Å². The van der Waals surface area contributed by atoms with Gasteiger partial charge in [-0.25, -0.2) is 9.78 Å². The lowest BCUT2D eigenvalue weighted by Gasteiger charge is -2.36. The predicted octanol–water partition coefficient (Wildman–Crippen LogP) is 3.94. The third-order valence-electron chi connectivity index (χ3n) is 6.01. The van der Waals surface area contributed by atoms with Crippen molar-refractivity contribution in [2.45, 2.75) is 38.1 Å². The van der Waals surface area contributed by atoms with Crippen LogP contribution in [0.2, 0.25) is 0 Å². The Hall–Kier alpha value is -3.37. The third kappa shape index (κ3) is 7.30. The van der Waals surface area contributed by atoms with Crippen molar-refractivity contribution in [1.29, 1.82) is 0 Å². The van der Waals surface area contributed by atoms with Crippen molar-refractivity contribution in [3.63, 3.8) is 0 Å². The highest BCUT2D eigenvalue weighted by atomic mass is 16.5. The molecular formula is C25H34N4O6. The first-order valence-corrected chi connectivity index (χ1v) is 11.7. The molecule has 1 aromatic carbocycles. The Kier molecular flexibility index (Phi) is 9.68. The second kappa shape index (κ2) is 12.9. The summed E-state index contributed by atoms with van der Waals surface area (Å²) < 4.78 is 15.9. The molecule has 0 saturated carbocycles. The van der Waals surface area contributed by atoms with E-state index in [1.54, 1.807) is 19.2 Å². The summed E-state index contributed by atoms with van der Waals surface area (Å²) >= 11 is 0. The van der Waals surface area contributed by atoms with Gasteiger partial charge in [0.15, 0.2) is 0 Å². The van der Waals surface area contributed by atoms with Gasteiger partial charge in [0.2, 0.25) is 5.88 Å². The number of methoxy groups -OCH3 is 2. The normalized spacial score (nSPS) is 14.7. The van der Waals surface area contributed by atoms with Crippen molar-refractivity contribution in [3.05, 3.63) is 42.1 Å². The first-order chi connectivity index (χ1) is 16.9. The Morgan fingerprint density at radius 1 is 1.20 bits per heavy atom. The molecule has 0 unspecified atom stereocenters. The number of carbonyl (C=O) groups is 2. The molecule has 3 rings (SSSR count). The minimum atomic E-state index is -0.909. The number of ether oxygens (including phenoxy) is 3. The van der Waals surface area contributed by atoms with Crippen LogP contribution in [0.5, 0.6) is 5.88 Å². The van der Waals surface area contributed by atoms with Crippen LogP contribution < -0.4 is 20.3 Å². The summed E-state index contributed by atoms with van der Waals surface area (Å²) in [6, 6.07) is 8.92. The summed E-state index contributed by atoms with van der Waals surface area (Å²) in [5, 5.41) is 15.1. The molecule has 3 N–H and O–H groups in total. The Bertz CT molecular complexity index is 978. The number of amides is 2. The number of aromatic nitrogens is 1. The van der Waals surface area contributed by atoms with E-state index in [-0.39, 0.29) is 25.0 Å². The van der Waals surface area contributed by atoms with E-state index in [1.807, 2.05) is 18.2 Å². The molecule has 0 aliphatic carbocycles. The average Bonchev–Trinajstić information content (AvgIpc) is 2.86. The predicted molar refractivity (Wildman–Crippen MR) is 134 cm³/mol. The van der Waals surface area contributed by atoms with Gasteiger partial charge in [0, 0.05) is 44.9 Å². The summed E-state index contributed by atoms with van der Waals surface area (Å²) in [6.07, 6.45) is 3.22. The van der Waals surface area contributed by atoms with Crippen molar-refractivity contribution in [1.82, 2.24) is 4.98 Å². The minimum Gasteiger partial charge on any atom is -0.481 e. The summed E-state index contributed by atoms with van der Waals surface area (Å²) in [5.74, 6) is -0.810. The number of carboxylic acids is 1. The molecule has 0 spiro atoms. The Labute approximate surface area is 205 Å². The van der Waals surface area contributed by atoms with Crippen molar-refractivity contribution < 1.29 is 28.9 Å². The molecule has 0 bridgehead atoms. The lowest BCUT2D eigenvalue weighted by atomic mass is 9.95. The number of benzene rings is 1. The third-order valence-corrected chi connectivity index (χ3v) is 6.01. The van der Waals surface area contributed by atoms with Crippen molar-refractivity contribution >= 4 is 29.1 Å². The fourth-order valence-corrected chi connectivity index (χ4v) is 4.32. The summed E-state index contributed by atoms with van der Waals surface area (Å²) in [6.45, 7) is 4.48. The molecule has 35 heavy (non-hydrogen) atoms. The van der Waals surface area contributed by atoms with Gasteiger partial charge in [0.25, 0.3) is 0 Å². The molecule has 10 heteroatoms. The number of anilines is 3. The highest BCUT2D eigenvalue weighted by Gasteiger charge is 2.25. The van der Waals surface area contributed by atoms with Gasteiger partial charge >= 0.3 is 12.0 Å². The molecule has 1 atom stereocenters. The zero-order valence-corrected chi connectivity index (χ0v) is 20.5. The van der Waals surface area contributed by atoms with Crippen LogP contribution in [-0.2, 0) is 14.3 Å². The monoisotopic (exact) mass is 486 g/mol. The Morgan fingerprint density at radius 2 is 1.97 bits per heavy atom. The van der Waals surface area contributed by atoms with Gasteiger partial charge in [-0.2, -0.15) is 0 Å². The topological polar surface area (TPSA) is 122 Å². The molecule has 2 amide bonds. The van der Waals surface area contributed by atoms with Crippen LogP contribution in [0, 0.1) is 0 Å². The van der Waals surface area contributed by atoms with E-state index >= 15 is 0 Å². The molecule has 1 aliphatic rings. The number of nitrogens with zero attached hydrogens (tertiary/aromatic N) is 2. The first-order valence-electron chi connectivity index (χ1n) is 11.7. The van der Waals surface area contributed by atoms with E-state index in [2.05, 4.69) is 27.4 Å². The molecule has 0 radical (unpaired) electrons. The second-order valence-corrected chi connectivity index (χ2v) is 8.32. The number of rotatable bonds is 11. The van der Waals surface area contributed by atoms with E-state index in [1.165, 1.54) is 13.3 Å². The van der Waals surface area contributed by atoms with Gasteiger partial charge in [-0.1, -0.05) is 6.07 Å². The van der Waals surface area contributed by atoms with Crippen LogP contribution in [0.4, 0.5) is 21.9 Å². The fraction of sp³-hybridized carbons (Fsp3) is 0.480. The van der Waals surface area contributed by atoms with E-state index in [4.69, 9.17) is 14.2 Å². The number of nitrogens with one attached hydrogen (secondary N) is 2. The Morgan fingerprint density at radius 3 is 2.57 bits per heavy atom. The molecule has 2 heterocycles. The van der Waals surface area contributed by atoms with Crippen LogP contribution in [0.3, 0.4) is 0 Å². The SMILES string of the molecule is CCN(c1ccc([C@H](COC)CC(=O)O)cc1NC(=O)Nc1ccc(OC)nc1)C1CCOCC1. The van der Waals surface area contributed by atoms with Crippen LogP contribution in [-0.4, -0.2) is 68.7 Å². The molecule has 1 aromatic heterocycles. The van der Waals surface area contributed by atoms with Crippen molar-refractivity contribution in [2.24, 2.45) is 0 Å². The highest BCUT2D eigenvalue weighted by Crippen LogP contribution is 2.34. The van der Waals surface area contributed by atoms with E-state index in [9.17, 15) is 14.7 Å². The van der Waals surface area contributed by atoms with E-state index in [0.29, 0.717) is 30.5 Å². The summed E-state index contributed by atoms with van der Waals surface area (Å²) in [5.41, 5.74) is 2.77. The van der Waals surface area contributed by atoms with Crippen molar-refractivity contribution in [2.75, 3.05) is 56.1 Å². The largest absolute Gasteiger partial charge is 0.481 e. The number of carboxylic acid groups (broad SMARTS) is 1. The molecule has 2 aromatic rings. The Balaban J connectivity index is 1.90. The van der Waals surface area contributed by atoms with Crippen LogP contribution in [0.15, 0.2) is 36.5 Å². The van der Waals surface area contributed by atoms with Gasteiger partial charge in [0.05, 0.1) is 43.4 Å². The number of hydrogen-bond donors (Lipinski definition) is 3. The van der Waals surface area contributed by atoms with Crippen LogP contribution >= 0.6 is 0 Å². The number of aliphatic carboxylic acids is 1. The maximum Gasteiger partial charge on any atom is 0.323 e. The molecular weight excluding hydrogens is 452 g/mol. The second-order valence-electron chi connectivity index (χ2n) is 8.32. The fourth-order valence-electron chi connectivity index (χ4n) is 4.32. The van der Waals surface area contributed by atoms with Gasteiger partial charge < -0.3 is 34.9 Å². The van der Waals surface area contributed by atoms with E-state index < -0.39 is 12.0 Å². The van der Waals surface area contributed by atoms with Gasteiger partial charge in [-0.05, 0) is 43.5 Å². The number of carbonyl (C=O) groups excluding carboxylic acids is 1. The summed E-state index contributed by atoms with van der Waals surface area (Å²) in [4.78, 5) is 30.7. The minimum absolute atomic E-state index is 0.0756. The van der Waals surface area contributed by atoms with Crippen LogP contribution in [0.1, 0.15) is 37.7 Å². The molecule has 10 nitrogen and oxygen atoms in total. The standard InChI is InChI=1S/C25H34N4O6/c1-4-29(20-9-11-35-12-10-20)22-7-5-17(18(16-33-2)14-24(30)31)13-21(22)28-25(32)27-19-6-8-23(34-3)26-15-19/h5-8,13,15,18,20H,4,9-12,14,16H2,1-3H3,(H,30,31)(H2,27,28,32)/t18-/m0/s1. The van der Waals surface area contributed by atoms with Crippen molar-refractivity contribution in [3.8, 4) is 5.88 Å². The zero-order chi connectivity index (χ0) is 25.2. The number of urea groups is 1. The van der Waals surface area contributed by atoms with E-state index in [0.717, 1.165) is 30.6 Å². The lowest BCUT2D eigenvalue weighted by molar-refractivity contribution is -0.137. The van der Waals surface area contributed by atoms with Gasteiger partial charge in [-0.15, -0.1) is 0 Å². The quantitative estimate of drug-likeness (QED) is 0.437. The smallest absolute Gasteiger partial charge is 0.323 e. The average molecular weight is 487 g/mol. The highest BCUT2D eigenvalue weighted by molar-refractivity contribution is 6.02. The number of hydrogen-bond acceptors (Lipinski definition) is 7. The first kappa shape index (κ1) is 26.2. The maximum atomic E-state index is 12.9. The molecule has 1 aliphatic heterocycles. The molecule has 1 saturated heterocycles. The maximum absolute atomic E-state index is 12.9. The molecule has 1 fully saturated rings.